The summed E-state index contributed by atoms with van der Waals surface area (Å²) < 4.78 is 0. The van der Waals surface area contributed by atoms with Crippen molar-refractivity contribution in [3.8, 4) is 0 Å². The molecule has 4 heteroatoms. The van der Waals surface area contributed by atoms with Crippen LogP contribution >= 0.6 is 0 Å². The SMILES string of the molecule is CCCCCCCCCCCCCCCCCCCCCCCCCCCC(=O)NC(CO)C(O)CCCCCCC. The summed E-state index contributed by atoms with van der Waals surface area (Å²) in [6.07, 6.45) is 40.6. The molecular weight excluding hydrogens is 518 g/mol. The molecule has 0 aromatic carbocycles. The Morgan fingerprint density at radius 3 is 1.07 bits per heavy atom. The first-order valence-corrected chi connectivity index (χ1v) is 19.2. The van der Waals surface area contributed by atoms with E-state index < -0.39 is 12.1 Å². The van der Waals surface area contributed by atoms with Crippen LogP contribution in [0.5, 0.6) is 0 Å². The number of unbranched alkanes of at least 4 members (excludes halogenated alkanes) is 28. The summed E-state index contributed by atoms with van der Waals surface area (Å²) in [5.41, 5.74) is 0. The van der Waals surface area contributed by atoms with E-state index in [0.29, 0.717) is 12.8 Å². The standard InChI is InChI=1S/C38H77NO3/c1-3-5-7-9-10-11-12-13-14-15-16-17-18-19-20-21-22-23-24-25-26-27-28-30-32-34-38(42)39-36(35-40)37(41)33-31-29-8-6-4-2/h36-37,40-41H,3-35H2,1-2H3,(H,39,42). The van der Waals surface area contributed by atoms with Gasteiger partial charge in [-0.25, -0.2) is 0 Å². The molecule has 0 saturated carbocycles. The van der Waals surface area contributed by atoms with Crippen LogP contribution in [0.25, 0.3) is 0 Å². The Kier molecular flexibility index (Phi) is 34.4. The van der Waals surface area contributed by atoms with E-state index in [1.165, 1.54) is 167 Å². The third kappa shape index (κ3) is 30.8. The molecule has 2 atom stereocenters. The fourth-order valence-electron chi connectivity index (χ4n) is 6.13. The van der Waals surface area contributed by atoms with Gasteiger partial charge in [0.2, 0.25) is 5.91 Å². The van der Waals surface area contributed by atoms with E-state index in [1.54, 1.807) is 0 Å². The van der Waals surface area contributed by atoms with Gasteiger partial charge in [0.15, 0.2) is 0 Å². The predicted molar refractivity (Wildman–Crippen MR) is 184 cm³/mol. The van der Waals surface area contributed by atoms with Gasteiger partial charge in [0, 0.05) is 6.42 Å². The van der Waals surface area contributed by atoms with Crippen molar-refractivity contribution in [2.45, 2.75) is 231 Å². The third-order valence-electron chi connectivity index (χ3n) is 9.12. The van der Waals surface area contributed by atoms with Crippen LogP contribution in [0.2, 0.25) is 0 Å². The van der Waals surface area contributed by atoms with Gasteiger partial charge < -0.3 is 15.5 Å². The average Bonchev–Trinajstić information content (AvgIpc) is 2.99. The highest BCUT2D eigenvalue weighted by Gasteiger charge is 2.19. The highest BCUT2D eigenvalue weighted by atomic mass is 16.3. The van der Waals surface area contributed by atoms with E-state index in [9.17, 15) is 15.0 Å². The number of amides is 1. The van der Waals surface area contributed by atoms with E-state index in [2.05, 4.69) is 19.2 Å². The second-order valence-electron chi connectivity index (χ2n) is 13.4. The Labute approximate surface area is 264 Å². The van der Waals surface area contributed by atoms with Gasteiger partial charge >= 0.3 is 0 Å². The van der Waals surface area contributed by atoms with Crippen molar-refractivity contribution in [1.82, 2.24) is 5.32 Å². The van der Waals surface area contributed by atoms with Crippen molar-refractivity contribution in [2.24, 2.45) is 0 Å². The van der Waals surface area contributed by atoms with Crippen molar-refractivity contribution >= 4 is 5.91 Å². The number of hydrogen-bond donors (Lipinski definition) is 3. The zero-order chi connectivity index (χ0) is 30.8. The molecule has 0 heterocycles. The van der Waals surface area contributed by atoms with Crippen LogP contribution in [-0.2, 0) is 4.79 Å². The molecule has 0 spiro atoms. The van der Waals surface area contributed by atoms with Crippen LogP contribution in [-0.4, -0.2) is 34.9 Å². The molecule has 4 nitrogen and oxygen atoms in total. The van der Waals surface area contributed by atoms with E-state index in [4.69, 9.17) is 0 Å². The van der Waals surface area contributed by atoms with Gasteiger partial charge in [0.1, 0.15) is 0 Å². The first kappa shape index (κ1) is 41.4. The Morgan fingerprint density at radius 1 is 0.476 bits per heavy atom. The molecule has 42 heavy (non-hydrogen) atoms. The van der Waals surface area contributed by atoms with Gasteiger partial charge in [-0.2, -0.15) is 0 Å². The van der Waals surface area contributed by atoms with Gasteiger partial charge in [-0.1, -0.05) is 200 Å². The first-order valence-electron chi connectivity index (χ1n) is 19.2. The molecule has 3 N–H and O–H groups in total. The lowest BCUT2D eigenvalue weighted by Gasteiger charge is -2.22. The second kappa shape index (κ2) is 34.9. The summed E-state index contributed by atoms with van der Waals surface area (Å²) in [6, 6.07) is -0.525. The molecule has 0 saturated heterocycles. The van der Waals surface area contributed by atoms with Gasteiger partial charge in [-0.05, 0) is 12.8 Å². The second-order valence-corrected chi connectivity index (χ2v) is 13.4. The van der Waals surface area contributed by atoms with Gasteiger partial charge in [-0.15, -0.1) is 0 Å². The lowest BCUT2D eigenvalue weighted by Crippen LogP contribution is -2.45. The minimum atomic E-state index is -0.648. The Morgan fingerprint density at radius 2 is 0.762 bits per heavy atom. The average molecular weight is 596 g/mol. The Balaban J connectivity index is 3.33. The largest absolute Gasteiger partial charge is 0.394 e. The lowest BCUT2D eigenvalue weighted by atomic mass is 10.0. The zero-order valence-corrected chi connectivity index (χ0v) is 28.8. The Bertz CT molecular complexity index is 526. The summed E-state index contributed by atoms with van der Waals surface area (Å²) in [5.74, 6) is -0.0341. The van der Waals surface area contributed by atoms with E-state index in [0.717, 1.165) is 25.7 Å². The zero-order valence-electron chi connectivity index (χ0n) is 28.8. The molecule has 0 bridgehead atoms. The fraction of sp³-hybridized carbons (Fsp3) is 0.974. The number of hydrogen-bond acceptors (Lipinski definition) is 3. The van der Waals surface area contributed by atoms with E-state index in [-0.39, 0.29) is 12.5 Å². The summed E-state index contributed by atoms with van der Waals surface area (Å²) in [7, 11) is 0. The molecule has 0 aliphatic heterocycles. The molecule has 0 radical (unpaired) electrons. The first-order chi connectivity index (χ1) is 20.7. The van der Waals surface area contributed by atoms with Crippen molar-refractivity contribution < 1.29 is 15.0 Å². The molecule has 0 rings (SSSR count). The number of carbonyl (C=O) groups excluding carboxylic acids is 1. The topological polar surface area (TPSA) is 69.6 Å². The molecule has 0 fully saturated rings. The number of aliphatic hydroxyl groups excluding tert-OH is 2. The van der Waals surface area contributed by atoms with Crippen molar-refractivity contribution in [3.63, 3.8) is 0 Å². The van der Waals surface area contributed by atoms with Crippen LogP contribution in [0.1, 0.15) is 219 Å². The van der Waals surface area contributed by atoms with Crippen LogP contribution in [0.4, 0.5) is 0 Å². The summed E-state index contributed by atoms with van der Waals surface area (Å²) >= 11 is 0. The number of aliphatic hydroxyl groups is 2. The number of nitrogens with one attached hydrogen (secondary N) is 1. The monoisotopic (exact) mass is 596 g/mol. The third-order valence-corrected chi connectivity index (χ3v) is 9.12. The van der Waals surface area contributed by atoms with Crippen LogP contribution < -0.4 is 5.32 Å². The summed E-state index contributed by atoms with van der Waals surface area (Å²) in [6.45, 7) is 4.29. The minimum absolute atomic E-state index is 0.0341. The predicted octanol–water partition coefficient (Wildman–Crippen LogP) is 11.3. The Hall–Kier alpha value is -0.610. The van der Waals surface area contributed by atoms with Gasteiger partial charge in [0.25, 0.3) is 0 Å². The van der Waals surface area contributed by atoms with E-state index >= 15 is 0 Å². The quantitative estimate of drug-likeness (QED) is 0.0638. The highest BCUT2D eigenvalue weighted by molar-refractivity contribution is 5.76. The molecule has 0 aromatic rings. The maximum Gasteiger partial charge on any atom is 0.220 e. The molecule has 0 aromatic heterocycles. The van der Waals surface area contributed by atoms with Crippen LogP contribution in [0.3, 0.4) is 0 Å². The van der Waals surface area contributed by atoms with Gasteiger partial charge in [-0.3, -0.25) is 4.79 Å². The normalized spacial score (nSPS) is 13.0. The molecule has 2 unspecified atom stereocenters. The molecular formula is C38H77NO3. The maximum absolute atomic E-state index is 12.2. The summed E-state index contributed by atoms with van der Waals surface area (Å²) in [4.78, 5) is 12.2. The fourth-order valence-corrected chi connectivity index (χ4v) is 6.13. The maximum atomic E-state index is 12.2. The molecule has 252 valence electrons. The minimum Gasteiger partial charge on any atom is -0.394 e. The van der Waals surface area contributed by atoms with Crippen LogP contribution in [0, 0.1) is 0 Å². The summed E-state index contributed by atoms with van der Waals surface area (Å²) in [5, 5.41) is 22.7. The molecule has 0 aliphatic carbocycles. The molecule has 0 aliphatic rings. The highest BCUT2D eigenvalue weighted by Crippen LogP contribution is 2.16. The number of rotatable bonds is 35. The van der Waals surface area contributed by atoms with Crippen molar-refractivity contribution in [2.75, 3.05) is 6.61 Å². The van der Waals surface area contributed by atoms with Crippen molar-refractivity contribution in [1.29, 1.82) is 0 Å². The van der Waals surface area contributed by atoms with Gasteiger partial charge in [0.05, 0.1) is 18.8 Å². The van der Waals surface area contributed by atoms with Crippen LogP contribution in [0.15, 0.2) is 0 Å². The smallest absolute Gasteiger partial charge is 0.220 e. The number of carbonyl (C=O) groups is 1. The van der Waals surface area contributed by atoms with E-state index in [1.807, 2.05) is 0 Å². The lowest BCUT2D eigenvalue weighted by molar-refractivity contribution is -0.123. The molecule has 1 amide bonds. The van der Waals surface area contributed by atoms with Crippen molar-refractivity contribution in [3.05, 3.63) is 0 Å².